The van der Waals surface area contributed by atoms with Crippen molar-refractivity contribution in [2.24, 2.45) is 0 Å². The highest BCUT2D eigenvalue weighted by atomic mass is 16.7. The molecule has 0 unspecified atom stereocenters. The highest BCUT2D eigenvalue weighted by Crippen LogP contribution is 2.31. The molecule has 1 aromatic heterocycles. The van der Waals surface area contributed by atoms with Gasteiger partial charge in [-0.05, 0) is 25.0 Å². The minimum Gasteiger partial charge on any atom is -0.459 e. The number of para-hydroxylation sites is 1. The second-order valence-corrected chi connectivity index (χ2v) is 7.35. The number of hydrogen-bond acceptors (Lipinski definition) is 4. The molecule has 0 amide bonds. The van der Waals surface area contributed by atoms with E-state index in [9.17, 15) is 4.79 Å². The normalized spacial score (nSPS) is 15.9. The highest BCUT2D eigenvalue weighted by molar-refractivity contribution is 5.81. The molecule has 0 saturated heterocycles. The predicted molar refractivity (Wildman–Crippen MR) is 111 cm³/mol. The van der Waals surface area contributed by atoms with E-state index in [4.69, 9.17) is 13.9 Å². The molecule has 3 aromatic rings. The van der Waals surface area contributed by atoms with Crippen LogP contribution in [-0.2, 0) is 4.74 Å². The van der Waals surface area contributed by atoms with E-state index in [2.05, 4.69) is 0 Å². The van der Waals surface area contributed by atoms with Crippen molar-refractivity contribution in [2.45, 2.75) is 51.0 Å². The van der Waals surface area contributed by atoms with E-state index in [0.29, 0.717) is 16.7 Å². The summed E-state index contributed by atoms with van der Waals surface area (Å²) < 4.78 is 17.9. The lowest BCUT2D eigenvalue weighted by molar-refractivity contribution is -0.0460. The maximum absolute atomic E-state index is 13.1. The van der Waals surface area contributed by atoms with Crippen molar-refractivity contribution < 1.29 is 13.9 Å². The molecule has 0 N–H and O–H groups in total. The topological polar surface area (TPSA) is 48.7 Å². The first-order chi connectivity index (χ1) is 13.8. The first-order valence-corrected chi connectivity index (χ1v) is 10.2. The van der Waals surface area contributed by atoms with Crippen LogP contribution in [0.3, 0.4) is 0 Å². The van der Waals surface area contributed by atoms with Gasteiger partial charge in [0, 0.05) is 5.56 Å². The fourth-order valence-corrected chi connectivity index (χ4v) is 3.81. The van der Waals surface area contributed by atoms with Crippen molar-refractivity contribution in [1.29, 1.82) is 0 Å². The lowest BCUT2D eigenvalue weighted by atomic mass is 9.99. The summed E-state index contributed by atoms with van der Waals surface area (Å²) in [5, 5.41) is 0.517. The van der Waals surface area contributed by atoms with Gasteiger partial charge in [-0.2, -0.15) is 0 Å². The average Bonchev–Trinajstić information content (AvgIpc) is 2.71. The van der Waals surface area contributed by atoms with E-state index >= 15 is 0 Å². The summed E-state index contributed by atoms with van der Waals surface area (Å²) in [5.41, 5.74) is 1.20. The SMILES string of the molecule is O=c1c(OCOC2CCCCCCC2)c(-c2ccccc2)oc2ccccc12. The zero-order valence-corrected chi connectivity index (χ0v) is 16.1. The molecule has 0 aliphatic heterocycles. The van der Waals surface area contributed by atoms with Gasteiger partial charge in [-0.25, -0.2) is 0 Å². The monoisotopic (exact) mass is 378 g/mol. The van der Waals surface area contributed by atoms with Gasteiger partial charge in [0.2, 0.25) is 11.2 Å². The molecule has 1 aliphatic rings. The second-order valence-electron chi connectivity index (χ2n) is 7.35. The summed E-state index contributed by atoms with van der Waals surface area (Å²) >= 11 is 0. The molecule has 4 rings (SSSR count). The van der Waals surface area contributed by atoms with Crippen LogP contribution < -0.4 is 10.2 Å². The number of hydrogen-bond donors (Lipinski definition) is 0. The number of benzene rings is 2. The molecule has 1 fully saturated rings. The third-order valence-corrected chi connectivity index (χ3v) is 5.35. The van der Waals surface area contributed by atoms with Crippen molar-refractivity contribution in [3.63, 3.8) is 0 Å². The largest absolute Gasteiger partial charge is 0.459 e. The maximum atomic E-state index is 13.1. The van der Waals surface area contributed by atoms with Gasteiger partial charge in [-0.15, -0.1) is 0 Å². The molecule has 146 valence electrons. The molecule has 0 spiro atoms. The molecule has 0 radical (unpaired) electrons. The molecule has 28 heavy (non-hydrogen) atoms. The molecule has 0 bridgehead atoms. The quantitative estimate of drug-likeness (QED) is 0.517. The van der Waals surface area contributed by atoms with E-state index in [1.807, 2.05) is 42.5 Å². The zero-order chi connectivity index (χ0) is 19.2. The van der Waals surface area contributed by atoms with Crippen LogP contribution in [0.25, 0.3) is 22.3 Å². The van der Waals surface area contributed by atoms with Gasteiger partial charge < -0.3 is 13.9 Å². The molecule has 4 heteroatoms. The zero-order valence-electron chi connectivity index (χ0n) is 16.1. The lowest BCUT2D eigenvalue weighted by Gasteiger charge is -2.20. The number of rotatable bonds is 5. The summed E-state index contributed by atoms with van der Waals surface area (Å²) in [6.45, 7) is 0.0631. The van der Waals surface area contributed by atoms with Crippen LogP contribution in [0.2, 0.25) is 0 Å². The Kier molecular flexibility index (Phi) is 6.07. The van der Waals surface area contributed by atoms with Gasteiger partial charge in [-0.1, -0.05) is 74.6 Å². The van der Waals surface area contributed by atoms with Gasteiger partial charge in [0.25, 0.3) is 0 Å². The number of fused-ring (bicyclic) bond motifs is 1. The third-order valence-electron chi connectivity index (χ3n) is 5.35. The molecule has 2 aromatic carbocycles. The first-order valence-electron chi connectivity index (χ1n) is 10.2. The second kappa shape index (κ2) is 9.07. The predicted octanol–water partition coefficient (Wildman–Crippen LogP) is 5.93. The molecule has 0 atom stereocenters. The molecule has 1 heterocycles. The van der Waals surface area contributed by atoms with E-state index < -0.39 is 0 Å². The van der Waals surface area contributed by atoms with Crippen LogP contribution in [0.5, 0.6) is 5.75 Å². The smallest absolute Gasteiger partial charge is 0.235 e. The van der Waals surface area contributed by atoms with Crippen LogP contribution in [0.1, 0.15) is 44.9 Å². The minimum atomic E-state index is -0.165. The van der Waals surface area contributed by atoms with Crippen molar-refractivity contribution in [1.82, 2.24) is 0 Å². The summed E-state index contributed by atoms with van der Waals surface area (Å²) in [7, 11) is 0. The third kappa shape index (κ3) is 4.28. The summed E-state index contributed by atoms with van der Waals surface area (Å²) in [6.07, 6.45) is 8.56. The van der Waals surface area contributed by atoms with E-state index in [-0.39, 0.29) is 24.1 Å². The van der Waals surface area contributed by atoms with Crippen LogP contribution in [-0.4, -0.2) is 12.9 Å². The van der Waals surface area contributed by atoms with Crippen LogP contribution >= 0.6 is 0 Å². The van der Waals surface area contributed by atoms with Gasteiger partial charge in [0.1, 0.15) is 5.58 Å². The highest BCUT2D eigenvalue weighted by Gasteiger charge is 2.18. The van der Waals surface area contributed by atoms with Crippen molar-refractivity contribution in [2.75, 3.05) is 6.79 Å². The van der Waals surface area contributed by atoms with Crippen molar-refractivity contribution in [3.05, 3.63) is 64.8 Å². The molecular formula is C24H26O4. The summed E-state index contributed by atoms with van der Waals surface area (Å²) in [4.78, 5) is 13.1. The molecule has 1 saturated carbocycles. The Balaban J connectivity index is 1.59. The Hall–Kier alpha value is -2.59. The lowest BCUT2D eigenvalue weighted by Crippen LogP contribution is -2.20. The number of ether oxygens (including phenoxy) is 2. The van der Waals surface area contributed by atoms with E-state index in [1.165, 1.54) is 32.1 Å². The maximum Gasteiger partial charge on any atom is 0.235 e. The Morgan fingerprint density at radius 3 is 2.32 bits per heavy atom. The van der Waals surface area contributed by atoms with Crippen LogP contribution in [0, 0.1) is 0 Å². The fourth-order valence-electron chi connectivity index (χ4n) is 3.81. The van der Waals surface area contributed by atoms with Gasteiger partial charge in [0.15, 0.2) is 12.6 Å². The van der Waals surface area contributed by atoms with Crippen molar-refractivity contribution >= 4 is 11.0 Å². The Bertz CT molecular complexity index is 953. The van der Waals surface area contributed by atoms with Gasteiger partial charge >= 0.3 is 0 Å². The molecule has 1 aliphatic carbocycles. The standard InChI is InChI=1S/C24H26O4/c25-22-20-15-9-10-16-21(20)28-23(18-11-5-4-6-12-18)24(22)27-17-26-19-13-7-2-1-3-8-14-19/h4-6,9-12,15-16,19H,1-3,7-8,13-14,17H2. The first kappa shape index (κ1) is 18.8. The fraction of sp³-hybridized carbons (Fsp3) is 0.375. The minimum absolute atomic E-state index is 0.0631. The van der Waals surface area contributed by atoms with E-state index in [1.54, 1.807) is 12.1 Å². The van der Waals surface area contributed by atoms with E-state index in [0.717, 1.165) is 18.4 Å². The van der Waals surface area contributed by atoms with Crippen LogP contribution in [0.15, 0.2) is 63.8 Å². The summed E-state index contributed by atoms with van der Waals surface area (Å²) in [5.74, 6) is 0.668. The van der Waals surface area contributed by atoms with Crippen LogP contribution in [0.4, 0.5) is 0 Å². The van der Waals surface area contributed by atoms with Gasteiger partial charge in [0.05, 0.1) is 11.5 Å². The average molecular weight is 378 g/mol. The summed E-state index contributed by atoms with van der Waals surface area (Å²) in [6, 6.07) is 16.8. The Morgan fingerprint density at radius 2 is 1.54 bits per heavy atom. The molecular weight excluding hydrogens is 352 g/mol. The molecule has 4 nitrogen and oxygen atoms in total. The van der Waals surface area contributed by atoms with Gasteiger partial charge in [-0.3, -0.25) is 4.79 Å². The Labute approximate surface area is 165 Å². The Morgan fingerprint density at radius 1 is 0.857 bits per heavy atom. The van der Waals surface area contributed by atoms with Crippen molar-refractivity contribution in [3.8, 4) is 17.1 Å².